The Morgan fingerprint density at radius 1 is 1.20 bits per heavy atom. The van der Waals surface area contributed by atoms with Crippen molar-refractivity contribution in [2.24, 2.45) is 0 Å². The van der Waals surface area contributed by atoms with E-state index in [2.05, 4.69) is 26.0 Å². The molecule has 1 aromatic heterocycles. The van der Waals surface area contributed by atoms with Crippen molar-refractivity contribution in [2.75, 3.05) is 20.3 Å². The number of carbonyl (C=O) groups is 2. The largest absolute Gasteiger partial charge is 0.486 e. The van der Waals surface area contributed by atoms with Gasteiger partial charge in [0.2, 0.25) is 0 Å². The zero-order valence-corrected chi connectivity index (χ0v) is 16.0. The molecule has 25 heavy (non-hydrogen) atoms. The van der Waals surface area contributed by atoms with Crippen LogP contribution in [-0.4, -0.2) is 32.2 Å². The first-order valence-electron chi connectivity index (χ1n) is 7.57. The molecule has 0 bridgehead atoms. The molecule has 0 aliphatic carbocycles. The van der Waals surface area contributed by atoms with E-state index in [1.54, 1.807) is 12.1 Å². The summed E-state index contributed by atoms with van der Waals surface area (Å²) in [5.41, 5.74) is 0.877. The molecule has 1 aliphatic heterocycles. The van der Waals surface area contributed by atoms with Gasteiger partial charge in [0.25, 0.3) is 5.91 Å². The molecule has 0 radical (unpaired) electrons. The van der Waals surface area contributed by atoms with Crippen LogP contribution in [0.25, 0.3) is 0 Å². The van der Waals surface area contributed by atoms with Crippen LogP contribution in [0.5, 0.6) is 11.5 Å². The van der Waals surface area contributed by atoms with Gasteiger partial charge in [0.15, 0.2) is 11.5 Å². The van der Waals surface area contributed by atoms with Crippen molar-refractivity contribution in [1.29, 1.82) is 0 Å². The maximum atomic E-state index is 12.4. The smallest absolute Gasteiger partial charge is 0.348 e. The van der Waals surface area contributed by atoms with Gasteiger partial charge in [0.05, 0.1) is 18.0 Å². The summed E-state index contributed by atoms with van der Waals surface area (Å²) in [6.07, 6.45) is 0. The highest BCUT2D eigenvalue weighted by Gasteiger charge is 2.21. The number of hydrogen-bond donors (Lipinski definition) is 1. The average molecular weight is 426 g/mol. The van der Waals surface area contributed by atoms with Crippen LogP contribution in [-0.2, 0) is 4.74 Å². The number of fused-ring (bicyclic) bond motifs is 1. The Balaban J connectivity index is 1.75. The molecule has 0 spiro atoms. The Kier molecular flexibility index (Phi) is 5.29. The van der Waals surface area contributed by atoms with Crippen molar-refractivity contribution in [3.63, 3.8) is 0 Å². The van der Waals surface area contributed by atoms with E-state index in [9.17, 15) is 9.59 Å². The summed E-state index contributed by atoms with van der Waals surface area (Å²) in [7, 11) is 1.31. The van der Waals surface area contributed by atoms with Crippen LogP contribution >= 0.6 is 27.3 Å². The molecule has 8 heteroatoms. The second-order valence-corrected chi connectivity index (χ2v) is 7.31. The summed E-state index contributed by atoms with van der Waals surface area (Å²) >= 11 is 4.60. The summed E-state index contributed by atoms with van der Waals surface area (Å²) in [6.45, 7) is 2.90. The number of methoxy groups -OCH3 is 1. The molecule has 1 aromatic carbocycles. The van der Waals surface area contributed by atoms with Crippen LogP contribution < -0.4 is 14.8 Å². The van der Waals surface area contributed by atoms with E-state index in [1.807, 2.05) is 19.1 Å². The van der Waals surface area contributed by atoms with Gasteiger partial charge in [0, 0.05) is 4.47 Å². The zero-order chi connectivity index (χ0) is 18.0. The minimum atomic E-state index is -0.452. The van der Waals surface area contributed by atoms with E-state index < -0.39 is 5.97 Å². The van der Waals surface area contributed by atoms with Crippen LogP contribution in [0.4, 0.5) is 0 Å². The molecule has 0 saturated heterocycles. The van der Waals surface area contributed by atoms with Crippen LogP contribution in [0.1, 0.15) is 37.9 Å². The molecule has 6 nitrogen and oxygen atoms in total. The van der Waals surface area contributed by atoms with Gasteiger partial charge < -0.3 is 19.5 Å². The Morgan fingerprint density at radius 2 is 1.84 bits per heavy atom. The number of ether oxygens (including phenoxy) is 3. The average Bonchev–Trinajstić information content (AvgIpc) is 3.10. The monoisotopic (exact) mass is 425 g/mol. The SMILES string of the molecule is COC(=O)c1ccc(C(=O)NC(C)c2cc3c(cc2Br)OCCO3)s1. The summed E-state index contributed by atoms with van der Waals surface area (Å²) in [5, 5.41) is 2.92. The highest BCUT2D eigenvalue weighted by atomic mass is 79.9. The van der Waals surface area contributed by atoms with Gasteiger partial charge in [-0.3, -0.25) is 4.79 Å². The summed E-state index contributed by atoms with van der Waals surface area (Å²) < 4.78 is 16.6. The van der Waals surface area contributed by atoms with Gasteiger partial charge in [-0.15, -0.1) is 11.3 Å². The molecule has 0 fully saturated rings. The van der Waals surface area contributed by atoms with Gasteiger partial charge >= 0.3 is 5.97 Å². The summed E-state index contributed by atoms with van der Waals surface area (Å²) in [4.78, 5) is 24.8. The zero-order valence-electron chi connectivity index (χ0n) is 13.6. The second-order valence-electron chi connectivity index (χ2n) is 5.37. The van der Waals surface area contributed by atoms with Crippen molar-refractivity contribution in [2.45, 2.75) is 13.0 Å². The Bertz CT molecular complexity index is 819. The number of halogens is 1. The van der Waals surface area contributed by atoms with Crippen molar-refractivity contribution < 1.29 is 23.8 Å². The molecule has 3 rings (SSSR count). The van der Waals surface area contributed by atoms with Gasteiger partial charge in [0.1, 0.15) is 18.1 Å². The fourth-order valence-corrected chi connectivity index (χ4v) is 3.92. The molecular weight excluding hydrogens is 410 g/mol. The Labute approximate surface area is 157 Å². The molecule has 1 aliphatic rings. The van der Waals surface area contributed by atoms with E-state index >= 15 is 0 Å². The predicted octanol–water partition coefficient (Wildman–Crippen LogP) is 3.56. The number of amides is 1. The van der Waals surface area contributed by atoms with Crippen LogP contribution in [0.15, 0.2) is 28.7 Å². The van der Waals surface area contributed by atoms with Crippen molar-refractivity contribution in [1.82, 2.24) is 5.32 Å². The number of rotatable bonds is 4. The number of carbonyl (C=O) groups excluding carboxylic acids is 2. The number of esters is 1. The first-order valence-corrected chi connectivity index (χ1v) is 9.18. The van der Waals surface area contributed by atoms with Crippen LogP contribution in [0, 0.1) is 0 Å². The molecule has 1 atom stereocenters. The number of thiophene rings is 1. The highest BCUT2D eigenvalue weighted by molar-refractivity contribution is 9.10. The quantitative estimate of drug-likeness (QED) is 0.757. The fraction of sp³-hybridized carbons (Fsp3) is 0.294. The molecule has 2 heterocycles. The Hall–Kier alpha value is -2.06. The maximum absolute atomic E-state index is 12.4. The van der Waals surface area contributed by atoms with Crippen molar-refractivity contribution >= 4 is 39.1 Å². The van der Waals surface area contributed by atoms with Gasteiger partial charge in [-0.25, -0.2) is 4.79 Å². The number of benzene rings is 1. The van der Waals surface area contributed by atoms with E-state index in [0.29, 0.717) is 34.5 Å². The van der Waals surface area contributed by atoms with E-state index in [0.717, 1.165) is 21.4 Å². The summed E-state index contributed by atoms with van der Waals surface area (Å²) in [5.74, 6) is 0.636. The lowest BCUT2D eigenvalue weighted by molar-refractivity contribution is 0.0606. The van der Waals surface area contributed by atoms with E-state index in [4.69, 9.17) is 9.47 Å². The predicted molar refractivity (Wildman–Crippen MR) is 96.7 cm³/mol. The van der Waals surface area contributed by atoms with Gasteiger partial charge in [-0.1, -0.05) is 15.9 Å². The van der Waals surface area contributed by atoms with Gasteiger partial charge in [-0.05, 0) is 36.8 Å². The molecule has 1 amide bonds. The fourth-order valence-electron chi connectivity index (χ4n) is 2.43. The lowest BCUT2D eigenvalue weighted by atomic mass is 10.1. The highest BCUT2D eigenvalue weighted by Crippen LogP contribution is 2.37. The molecule has 1 unspecified atom stereocenters. The Morgan fingerprint density at radius 3 is 2.52 bits per heavy atom. The lowest BCUT2D eigenvalue weighted by Gasteiger charge is -2.22. The summed E-state index contributed by atoms with van der Waals surface area (Å²) in [6, 6.07) is 6.62. The van der Waals surface area contributed by atoms with E-state index in [-0.39, 0.29) is 11.9 Å². The number of hydrogen-bond acceptors (Lipinski definition) is 6. The van der Waals surface area contributed by atoms with Crippen molar-refractivity contribution in [3.8, 4) is 11.5 Å². The molecule has 2 aromatic rings. The van der Waals surface area contributed by atoms with E-state index in [1.165, 1.54) is 7.11 Å². The lowest BCUT2D eigenvalue weighted by Crippen LogP contribution is -2.26. The third kappa shape index (κ3) is 3.80. The maximum Gasteiger partial charge on any atom is 0.348 e. The van der Waals surface area contributed by atoms with Crippen molar-refractivity contribution in [3.05, 3.63) is 44.1 Å². The number of nitrogens with one attached hydrogen (secondary N) is 1. The van der Waals surface area contributed by atoms with Crippen LogP contribution in [0.2, 0.25) is 0 Å². The molecule has 132 valence electrons. The van der Waals surface area contributed by atoms with Crippen LogP contribution in [0.3, 0.4) is 0 Å². The minimum Gasteiger partial charge on any atom is -0.486 e. The third-order valence-electron chi connectivity index (χ3n) is 3.69. The minimum absolute atomic E-state index is 0.255. The molecule has 0 saturated carbocycles. The second kappa shape index (κ2) is 7.45. The molecular formula is C17H16BrNO5S. The first kappa shape index (κ1) is 17.8. The standard InChI is InChI=1S/C17H16BrNO5S/c1-9(10-7-12-13(8-11(10)18)24-6-5-23-12)19-16(20)14-3-4-15(25-14)17(21)22-2/h3-4,7-9H,5-6H2,1-2H3,(H,19,20). The topological polar surface area (TPSA) is 73.9 Å². The normalized spacial score (nSPS) is 13.9. The van der Waals surface area contributed by atoms with Gasteiger partial charge in [-0.2, -0.15) is 0 Å². The molecule has 1 N–H and O–H groups in total. The first-order chi connectivity index (χ1) is 12.0. The third-order valence-corrected chi connectivity index (χ3v) is 5.44.